The van der Waals surface area contributed by atoms with Crippen molar-refractivity contribution in [2.24, 2.45) is 5.10 Å². The summed E-state index contributed by atoms with van der Waals surface area (Å²) in [5.41, 5.74) is 8.22. The van der Waals surface area contributed by atoms with Crippen molar-refractivity contribution in [3.8, 4) is 5.69 Å². The molecule has 160 valence electrons. The van der Waals surface area contributed by atoms with Crippen molar-refractivity contribution in [3.63, 3.8) is 0 Å². The highest BCUT2D eigenvalue weighted by atomic mass is 35.5. The van der Waals surface area contributed by atoms with Gasteiger partial charge >= 0.3 is 12.0 Å². The summed E-state index contributed by atoms with van der Waals surface area (Å²) in [6.07, 6.45) is 1.59. The largest absolute Gasteiger partial charge is 0.465 e. The van der Waals surface area contributed by atoms with Gasteiger partial charge in [-0.1, -0.05) is 17.7 Å². The molecule has 1 heterocycles. The number of carbonyl (C=O) groups excluding carboxylic acids is 2. The molecule has 2 N–H and O–H groups in total. The topological polar surface area (TPSA) is 84.7 Å². The molecule has 0 aliphatic rings. The summed E-state index contributed by atoms with van der Waals surface area (Å²) in [6, 6.07) is 13.8. The number of ether oxygens (including phenoxy) is 1. The van der Waals surface area contributed by atoms with Gasteiger partial charge in [-0.15, -0.1) is 0 Å². The van der Waals surface area contributed by atoms with Crippen molar-refractivity contribution in [2.75, 3.05) is 12.4 Å². The summed E-state index contributed by atoms with van der Waals surface area (Å²) in [5.74, 6) is -0.370. The maximum atomic E-state index is 12.0. The van der Waals surface area contributed by atoms with Crippen LogP contribution in [-0.2, 0) is 4.74 Å². The molecule has 3 aromatic rings. The van der Waals surface area contributed by atoms with Crippen molar-refractivity contribution in [3.05, 3.63) is 81.6 Å². The molecule has 0 fully saturated rings. The first-order chi connectivity index (χ1) is 14.8. The third-order valence-electron chi connectivity index (χ3n) is 4.78. The predicted molar refractivity (Wildman–Crippen MR) is 123 cm³/mol. The third kappa shape index (κ3) is 5.13. The second-order valence-corrected chi connectivity index (χ2v) is 7.43. The van der Waals surface area contributed by atoms with Gasteiger partial charge in [0.05, 0.1) is 18.9 Å². The maximum absolute atomic E-state index is 12.0. The molecule has 0 spiro atoms. The molecule has 2 amide bonds. The van der Waals surface area contributed by atoms with Crippen LogP contribution in [0.4, 0.5) is 10.5 Å². The van der Waals surface area contributed by atoms with Crippen LogP contribution < -0.4 is 10.7 Å². The molecular weight excluding hydrogens is 416 g/mol. The molecule has 0 aliphatic heterocycles. The number of nitrogens with zero attached hydrogens (tertiary/aromatic N) is 2. The van der Waals surface area contributed by atoms with Crippen LogP contribution in [0.15, 0.2) is 53.6 Å². The Morgan fingerprint density at radius 3 is 2.55 bits per heavy atom. The van der Waals surface area contributed by atoms with Crippen LogP contribution in [0.2, 0.25) is 5.02 Å². The molecular formula is C23H23ClN4O3. The fourth-order valence-corrected chi connectivity index (χ4v) is 3.52. The second-order valence-electron chi connectivity index (χ2n) is 6.99. The summed E-state index contributed by atoms with van der Waals surface area (Å²) in [7, 11) is 1.36. The summed E-state index contributed by atoms with van der Waals surface area (Å²) in [6.45, 7) is 5.89. The van der Waals surface area contributed by atoms with E-state index in [4.69, 9.17) is 16.3 Å². The third-order valence-corrected chi connectivity index (χ3v) is 5.02. The van der Waals surface area contributed by atoms with Crippen molar-refractivity contribution >= 4 is 35.5 Å². The van der Waals surface area contributed by atoms with Crippen LogP contribution in [-0.4, -0.2) is 29.9 Å². The van der Waals surface area contributed by atoms with Crippen LogP contribution in [0.1, 0.15) is 32.9 Å². The van der Waals surface area contributed by atoms with Gasteiger partial charge in [-0.2, -0.15) is 5.10 Å². The average Bonchev–Trinajstić information content (AvgIpc) is 3.00. The lowest BCUT2D eigenvalue weighted by molar-refractivity contribution is 0.0600. The van der Waals surface area contributed by atoms with Crippen LogP contribution in [0.3, 0.4) is 0 Å². The molecule has 1 aromatic heterocycles. The van der Waals surface area contributed by atoms with E-state index in [0.717, 1.165) is 28.2 Å². The van der Waals surface area contributed by atoms with E-state index in [1.807, 2.05) is 32.9 Å². The second kappa shape index (κ2) is 9.49. The number of amides is 2. The molecule has 0 atom stereocenters. The number of urea groups is 1. The number of aryl methyl sites for hydroxylation is 2. The lowest BCUT2D eigenvalue weighted by atomic mass is 10.1. The molecule has 31 heavy (non-hydrogen) atoms. The number of esters is 1. The van der Waals surface area contributed by atoms with Gasteiger partial charge in [0.1, 0.15) is 0 Å². The van der Waals surface area contributed by atoms with Crippen LogP contribution in [0.25, 0.3) is 5.69 Å². The molecule has 8 heteroatoms. The number of nitrogens with one attached hydrogen (secondary N) is 2. The lowest BCUT2D eigenvalue weighted by Crippen LogP contribution is -2.24. The Hall–Kier alpha value is -3.58. The Balaban J connectivity index is 1.75. The molecule has 0 bridgehead atoms. The number of benzene rings is 2. The zero-order chi connectivity index (χ0) is 22.5. The molecule has 0 saturated carbocycles. The number of methoxy groups -OCH3 is 1. The van der Waals surface area contributed by atoms with Crippen molar-refractivity contribution in [2.45, 2.75) is 20.8 Å². The SMILES string of the molecule is COC(=O)c1ccc(-n2c(C)cc(/C=N/NC(=O)Nc3cccc(Cl)c3)c2C)c(C)c1. The Morgan fingerprint density at radius 2 is 1.87 bits per heavy atom. The molecule has 0 unspecified atom stereocenters. The van der Waals surface area contributed by atoms with E-state index in [0.29, 0.717) is 16.3 Å². The zero-order valence-corrected chi connectivity index (χ0v) is 18.4. The standard InChI is InChI=1S/C23H23ClN4O3/c1-14-10-17(22(29)31-4)8-9-21(14)28-15(2)11-18(16(28)3)13-25-27-23(30)26-20-7-5-6-19(24)12-20/h5-13H,1-4H3,(H2,26,27,30)/b25-13+. The van der Waals surface area contributed by atoms with Gasteiger partial charge in [0.2, 0.25) is 0 Å². The predicted octanol–water partition coefficient (Wildman–Crippen LogP) is 5.00. The van der Waals surface area contributed by atoms with Gasteiger partial charge in [0, 0.05) is 33.3 Å². The number of rotatable bonds is 5. The maximum Gasteiger partial charge on any atom is 0.339 e. The van der Waals surface area contributed by atoms with E-state index >= 15 is 0 Å². The van der Waals surface area contributed by atoms with E-state index in [9.17, 15) is 9.59 Å². The van der Waals surface area contributed by atoms with Crippen LogP contribution >= 0.6 is 11.6 Å². The molecule has 0 aliphatic carbocycles. The van der Waals surface area contributed by atoms with Gasteiger partial charge in [0.25, 0.3) is 0 Å². The van der Waals surface area contributed by atoms with Crippen LogP contribution in [0, 0.1) is 20.8 Å². The van der Waals surface area contributed by atoms with E-state index in [1.54, 1.807) is 42.6 Å². The fraction of sp³-hybridized carbons (Fsp3) is 0.174. The normalized spacial score (nSPS) is 10.9. The Labute approximate surface area is 185 Å². The Morgan fingerprint density at radius 1 is 1.10 bits per heavy atom. The number of hydrogen-bond acceptors (Lipinski definition) is 4. The first-order valence-electron chi connectivity index (χ1n) is 9.54. The number of hydrogen-bond donors (Lipinski definition) is 2. The summed E-state index contributed by atoms with van der Waals surface area (Å²) < 4.78 is 6.86. The van der Waals surface area contributed by atoms with Gasteiger partial charge in [-0.3, -0.25) is 0 Å². The number of carbonyl (C=O) groups is 2. The van der Waals surface area contributed by atoms with E-state index in [2.05, 4.69) is 20.4 Å². The number of hydrazone groups is 1. The summed E-state index contributed by atoms with van der Waals surface area (Å²) in [5, 5.41) is 7.24. The molecule has 2 aromatic carbocycles. The minimum atomic E-state index is -0.471. The Kier molecular flexibility index (Phi) is 6.77. The van der Waals surface area contributed by atoms with Crippen molar-refractivity contribution in [1.82, 2.24) is 9.99 Å². The van der Waals surface area contributed by atoms with Gasteiger partial charge in [-0.05, 0) is 68.8 Å². The van der Waals surface area contributed by atoms with Crippen molar-refractivity contribution < 1.29 is 14.3 Å². The van der Waals surface area contributed by atoms with E-state index < -0.39 is 6.03 Å². The van der Waals surface area contributed by atoms with Gasteiger partial charge in [0.15, 0.2) is 0 Å². The highest BCUT2D eigenvalue weighted by Crippen LogP contribution is 2.23. The monoisotopic (exact) mass is 438 g/mol. The molecule has 7 nitrogen and oxygen atoms in total. The molecule has 3 rings (SSSR count). The molecule has 0 saturated heterocycles. The fourth-order valence-electron chi connectivity index (χ4n) is 3.33. The highest BCUT2D eigenvalue weighted by Gasteiger charge is 2.14. The number of anilines is 1. The van der Waals surface area contributed by atoms with Gasteiger partial charge in [-0.25, -0.2) is 15.0 Å². The minimum absolute atomic E-state index is 0.370. The van der Waals surface area contributed by atoms with E-state index in [1.165, 1.54) is 7.11 Å². The average molecular weight is 439 g/mol. The summed E-state index contributed by atoms with van der Waals surface area (Å²) >= 11 is 5.91. The van der Waals surface area contributed by atoms with E-state index in [-0.39, 0.29) is 5.97 Å². The zero-order valence-electron chi connectivity index (χ0n) is 17.7. The quantitative estimate of drug-likeness (QED) is 0.334. The highest BCUT2D eigenvalue weighted by molar-refractivity contribution is 6.30. The Bertz CT molecular complexity index is 1170. The summed E-state index contributed by atoms with van der Waals surface area (Å²) in [4.78, 5) is 23.8. The van der Waals surface area contributed by atoms with Crippen LogP contribution in [0.5, 0.6) is 0 Å². The first-order valence-corrected chi connectivity index (χ1v) is 9.92. The van der Waals surface area contributed by atoms with Crippen molar-refractivity contribution in [1.29, 1.82) is 0 Å². The first kappa shape index (κ1) is 22.1. The lowest BCUT2D eigenvalue weighted by Gasteiger charge is -2.13. The number of halogens is 1. The number of aromatic nitrogens is 1. The molecule has 0 radical (unpaired) electrons. The van der Waals surface area contributed by atoms with Gasteiger partial charge < -0.3 is 14.6 Å². The minimum Gasteiger partial charge on any atom is -0.465 e. The smallest absolute Gasteiger partial charge is 0.339 e.